The van der Waals surface area contributed by atoms with Crippen molar-refractivity contribution in [1.82, 2.24) is 10.2 Å². The number of amides is 1. The second kappa shape index (κ2) is 10.3. The van der Waals surface area contributed by atoms with Gasteiger partial charge in [-0.1, -0.05) is 31.3 Å². The Bertz CT molecular complexity index is 838. The van der Waals surface area contributed by atoms with Crippen LogP contribution in [0.5, 0.6) is 11.5 Å². The Balaban J connectivity index is 2.01. The van der Waals surface area contributed by atoms with Crippen molar-refractivity contribution in [3.05, 3.63) is 34.8 Å². The lowest BCUT2D eigenvalue weighted by atomic mass is 10.1. The molecule has 7 nitrogen and oxygen atoms in total. The molecule has 0 aliphatic heterocycles. The highest BCUT2D eigenvalue weighted by molar-refractivity contribution is 7.15. The minimum Gasteiger partial charge on any atom is -0.493 e. The molecule has 0 fully saturated rings. The van der Waals surface area contributed by atoms with Crippen molar-refractivity contribution in [2.24, 2.45) is 0 Å². The summed E-state index contributed by atoms with van der Waals surface area (Å²) in [5.41, 5.74) is 0.765. The van der Waals surface area contributed by atoms with Gasteiger partial charge in [0.2, 0.25) is 11.0 Å². The Morgan fingerprint density at radius 2 is 2.11 bits per heavy atom. The van der Waals surface area contributed by atoms with Gasteiger partial charge in [-0.15, -0.1) is 10.2 Å². The Hall–Kier alpha value is -2.92. The van der Waals surface area contributed by atoms with Gasteiger partial charge in [0, 0.05) is 12.0 Å². The summed E-state index contributed by atoms with van der Waals surface area (Å²) in [5, 5.41) is 21.0. The summed E-state index contributed by atoms with van der Waals surface area (Å²) in [6.07, 6.45) is 5.07. The third-order valence-electron chi connectivity index (χ3n) is 3.91. The molecule has 0 bridgehead atoms. The molecule has 1 aromatic carbocycles. The van der Waals surface area contributed by atoms with Gasteiger partial charge in [-0.25, -0.2) is 0 Å². The van der Waals surface area contributed by atoms with E-state index in [1.807, 2.05) is 6.07 Å². The molecule has 27 heavy (non-hydrogen) atoms. The lowest BCUT2D eigenvalue weighted by molar-refractivity contribution is -0.111. The molecule has 2 aromatic rings. The summed E-state index contributed by atoms with van der Waals surface area (Å²) >= 11 is 1.40. The number of aromatic nitrogens is 2. The van der Waals surface area contributed by atoms with E-state index in [1.54, 1.807) is 24.3 Å². The zero-order valence-corrected chi connectivity index (χ0v) is 16.4. The first-order chi connectivity index (χ1) is 13.1. The second-order valence-corrected chi connectivity index (χ2v) is 6.65. The van der Waals surface area contributed by atoms with Crippen LogP contribution in [0.15, 0.2) is 24.3 Å². The molecule has 0 aliphatic carbocycles. The highest BCUT2D eigenvalue weighted by Gasteiger charge is 2.14. The van der Waals surface area contributed by atoms with Crippen LogP contribution in [0.2, 0.25) is 0 Å². The average molecular weight is 386 g/mol. The first-order valence-corrected chi connectivity index (χ1v) is 9.43. The molecule has 1 heterocycles. The Kier molecular flexibility index (Phi) is 7.77. The SMILES string of the molecule is CCC(CC)c1nnc(NC(=O)/C=C/c2ccc(OCC#N)c(OC)c2)s1. The molecule has 1 aromatic heterocycles. The summed E-state index contributed by atoms with van der Waals surface area (Å²) in [4.78, 5) is 12.1. The van der Waals surface area contributed by atoms with Crippen molar-refractivity contribution in [3.8, 4) is 17.6 Å². The summed E-state index contributed by atoms with van der Waals surface area (Å²) in [5.74, 6) is 1.05. The van der Waals surface area contributed by atoms with Crippen LogP contribution in [0.3, 0.4) is 0 Å². The number of carbonyl (C=O) groups excluding carboxylic acids is 1. The molecule has 0 saturated heterocycles. The number of anilines is 1. The van der Waals surface area contributed by atoms with E-state index in [4.69, 9.17) is 14.7 Å². The zero-order valence-electron chi connectivity index (χ0n) is 15.6. The number of rotatable bonds is 9. The van der Waals surface area contributed by atoms with Crippen LogP contribution in [0.4, 0.5) is 5.13 Å². The van der Waals surface area contributed by atoms with Gasteiger partial charge in [0.15, 0.2) is 18.1 Å². The minimum absolute atomic E-state index is 0.0608. The van der Waals surface area contributed by atoms with Crippen molar-refractivity contribution < 1.29 is 14.3 Å². The van der Waals surface area contributed by atoms with Crippen LogP contribution in [-0.2, 0) is 4.79 Å². The fourth-order valence-electron chi connectivity index (χ4n) is 2.42. The van der Waals surface area contributed by atoms with E-state index in [-0.39, 0.29) is 12.5 Å². The van der Waals surface area contributed by atoms with Crippen LogP contribution in [-0.4, -0.2) is 29.8 Å². The van der Waals surface area contributed by atoms with Crippen molar-refractivity contribution >= 4 is 28.5 Å². The minimum atomic E-state index is -0.286. The normalized spacial score (nSPS) is 10.8. The largest absolute Gasteiger partial charge is 0.493 e. The van der Waals surface area contributed by atoms with Gasteiger partial charge < -0.3 is 9.47 Å². The second-order valence-electron chi connectivity index (χ2n) is 5.64. The molecule has 0 aliphatic rings. The van der Waals surface area contributed by atoms with Crippen molar-refractivity contribution in [1.29, 1.82) is 5.26 Å². The standard InChI is InChI=1S/C19H22N4O3S/c1-4-14(5-2)18-22-23-19(27-18)21-17(24)9-7-13-6-8-15(26-11-10-20)16(12-13)25-3/h6-9,12,14H,4-5,11H2,1-3H3,(H,21,23,24)/b9-7+. The lowest BCUT2D eigenvalue weighted by Crippen LogP contribution is -2.07. The lowest BCUT2D eigenvalue weighted by Gasteiger charge is -2.08. The number of hydrogen-bond donors (Lipinski definition) is 1. The van der Waals surface area contributed by atoms with Gasteiger partial charge in [0.25, 0.3) is 0 Å². The number of nitrogens with zero attached hydrogens (tertiary/aromatic N) is 3. The van der Waals surface area contributed by atoms with Crippen LogP contribution in [0.1, 0.15) is 43.2 Å². The first-order valence-electron chi connectivity index (χ1n) is 8.61. The van der Waals surface area contributed by atoms with E-state index in [1.165, 1.54) is 24.5 Å². The molecule has 0 saturated carbocycles. The molecular formula is C19H22N4O3S. The number of nitriles is 1. The molecule has 0 unspecified atom stereocenters. The number of carbonyl (C=O) groups is 1. The third kappa shape index (κ3) is 5.79. The van der Waals surface area contributed by atoms with Crippen LogP contribution < -0.4 is 14.8 Å². The number of nitrogens with one attached hydrogen (secondary N) is 1. The molecule has 142 valence electrons. The molecule has 8 heteroatoms. The predicted molar refractivity (Wildman–Crippen MR) is 105 cm³/mol. The third-order valence-corrected chi connectivity index (χ3v) is 4.91. The number of ether oxygens (including phenoxy) is 2. The van der Waals surface area contributed by atoms with Crippen molar-refractivity contribution in [3.63, 3.8) is 0 Å². The number of hydrogen-bond acceptors (Lipinski definition) is 7. The molecule has 2 rings (SSSR count). The zero-order chi connectivity index (χ0) is 19.6. The molecule has 1 N–H and O–H groups in total. The topological polar surface area (TPSA) is 97.1 Å². The van der Waals surface area contributed by atoms with E-state index in [2.05, 4.69) is 29.4 Å². The number of methoxy groups -OCH3 is 1. The van der Waals surface area contributed by atoms with E-state index in [0.29, 0.717) is 22.5 Å². The Morgan fingerprint density at radius 3 is 2.78 bits per heavy atom. The van der Waals surface area contributed by atoms with Gasteiger partial charge in [-0.3, -0.25) is 10.1 Å². The average Bonchev–Trinajstić information content (AvgIpc) is 3.14. The maximum atomic E-state index is 12.1. The van der Waals surface area contributed by atoms with E-state index >= 15 is 0 Å². The highest BCUT2D eigenvalue weighted by Crippen LogP contribution is 2.29. The molecule has 0 radical (unpaired) electrons. The summed E-state index contributed by atoms with van der Waals surface area (Å²) in [7, 11) is 1.52. The predicted octanol–water partition coefficient (Wildman–Crippen LogP) is 4.00. The van der Waals surface area contributed by atoms with Crippen LogP contribution in [0, 0.1) is 11.3 Å². The highest BCUT2D eigenvalue weighted by atomic mass is 32.1. The van der Waals surface area contributed by atoms with E-state index in [9.17, 15) is 4.79 Å². The summed E-state index contributed by atoms with van der Waals surface area (Å²) < 4.78 is 10.5. The van der Waals surface area contributed by atoms with Gasteiger partial charge >= 0.3 is 0 Å². The fraction of sp³-hybridized carbons (Fsp3) is 0.368. The van der Waals surface area contributed by atoms with Gasteiger partial charge in [0.05, 0.1) is 7.11 Å². The maximum absolute atomic E-state index is 12.1. The molecule has 0 atom stereocenters. The Labute approximate surface area is 162 Å². The van der Waals surface area contributed by atoms with Gasteiger partial charge in [-0.05, 0) is 36.6 Å². The van der Waals surface area contributed by atoms with E-state index in [0.717, 1.165) is 23.4 Å². The van der Waals surface area contributed by atoms with Crippen molar-refractivity contribution in [2.45, 2.75) is 32.6 Å². The first kappa shape index (κ1) is 20.4. The molecule has 1 amide bonds. The smallest absolute Gasteiger partial charge is 0.250 e. The maximum Gasteiger partial charge on any atom is 0.250 e. The van der Waals surface area contributed by atoms with E-state index < -0.39 is 0 Å². The van der Waals surface area contributed by atoms with Gasteiger partial charge in [0.1, 0.15) is 11.1 Å². The summed E-state index contributed by atoms with van der Waals surface area (Å²) in [6.45, 7) is 4.16. The number of benzene rings is 1. The summed E-state index contributed by atoms with van der Waals surface area (Å²) in [6, 6.07) is 7.10. The Morgan fingerprint density at radius 1 is 1.33 bits per heavy atom. The van der Waals surface area contributed by atoms with Crippen LogP contribution >= 0.6 is 11.3 Å². The van der Waals surface area contributed by atoms with Crippen molar-refractivity contribution in [2.75, 3.05) is 19.0 Å². The molecule has 0 spiro atoms. The monoisotopic (exact) mass is 386 g/mol. The fourth-order valence-corrected chi connectivity index (χ4v) is 3.44. The quantitative estimate of drug-likeness (QED) is 0.654. The molecular weight excluding hydrogens is 364 g/mol. The van der Waals surface area contributed by atoms with Crippen LogP contribution in [0.25, 0.3) is 6.08 Å². The van der Waals surface area contributed by atoms with Gasteiger partial charge in [-0.2, -0.15) is 5.26 Å².